The number of benzene rings is 1. The summed E-state index contributed by atoms with van der Waals surface area (Å²) in [5.41, 5.74) is 0.963. The van der Waals surface area contributed by atoms with Gasteiger partial charge in [-0.15, -0.1) is 0 Å². The van der Waals surface area contributed by atoms with Crippen molar-refractivity contribution in [3.8, 4) is 11.6 Å². The van der Waals surface area contributed by atoms with Gasteiger partial charge in [0.1, 0.15) is 11.5 Å². The first-order valence-electron chi connectivity index (χ1n) is 6.79. The Morgan fingerprint density at radius 2 is 2.04 bits per heavy atom. The van der Waals surface area contributed by atoms with Gasteiger partial charge in [-0.25, -0.2) is 0 Å². The second-order valence-corrected chi connectivity index (χ2v) is 4.71. The van der Waals surface area contributed by atoms with Crippen LogP contribution in [0.25, 0.3) is 0 Å². The fraction of sp³-hybridized carbons (Fsp3) is 0.267. The molecule has 0 bridgehead atoms. The number of aryl methyl sites for hydroxylation is 1. The summed E-state index contributed by atoms with van der Waals surface area (Å²) in [6.07, 6.45) is 0. The minimum atomic E-state index is -0.399. The molecule has 2 N–H and O–H groups in total. The van der Waals surface area contributed by atoms with Gasteiger partial charge in [-0.3, -0.25) is 9.59 Å². The van der Waals surface area contributed by atoms with Crippen LogP contribution in [-0.2, 0) is 9.59 Å². The van der Waals surface area contributed by atoms with Crippen LogP contribution in [0.15, 0.2) is 28.8 Å². The van der Waals surface area contributed by atoms with Gasteiger partial charge in [0, 0.05) is 18.7 Å². The molecule has 2 amide bonds. The molecule has 0 fully saturated rings. The summed E-state index contributed by atoms with van der Waals surface area (Å²) in [7, 11) is 1.48. The molecule has 8 heteroatoms. The van der Waals surface area contributed by atoms with Crippen LogP contribution in [0.5, 0.6) is 11.6 Å². The van der Waals surface area contributed by atoms with E-state index in [1.165, 1.54) is 14.0 Å². The summed E-state index contributed by atoms with van der Waals surface area (Å²) in [6, 6.07) is 6.48. The third-order valence-corrected chi connectivity index (χ3v) is 2.75. The van der Waals surface area contributed by atoms with E-state index in [0.29, 0.717) is 22.9 Å². The van der Waals surface area contributed by atoms with Crippen molar-refractivity contribution in [2.75, 3.05) is 24.4 Å². The van der Waals surface area contributed by atoms with Crippen molar-refractivity contribution >= 4 is 23.2 Å². The van der Waals surface area contributed by atoms with Gasteiger partial charge in [-0.2, -0.15) is 0 Å². The molecule has 0 unspecified atom stereocenters. The number of hydrogen-bond acceptors (Lipinski definition) is 6. The van der Waals surface area contributed by atoms with E-state index < -0.39 is 5.91 Å². The first-order chi connectivity index (χ1) is 11.0. The summed E-state index contributed by atoms with van der Waals surface area (Å²) in [5, 5.41) is 8.91. The van der Waals surface area contributed by atoms with E-state index in [4.69, 9.17) is 14.0 Å². The Labute approximate surface area is 132 Å². The number of rotatable bonds is 6. The Kier molecular flexibility index (Phi) is 5.19. The van der Waals surface area contributed by atoms with E-state index in [2.05, 4.69) is 15.8 Å². The van der Waals surface area contributed by atoms with Crippen LogP contribution in [0.4, 0.5) is 11.4 Å². The number of carbonyl (C=O) groups is 2. The van der Waals surface area contributed by atoms with Gasteiger partial charge in [0.25, 0.3) is 11.8 Å². The van der Waals surface area contributed by atoms with Crippen LogP contribution in [0.1, 0.15) is 12.7 Å². The fourth-order valence-electron chi connectivity index (χ4n) is 1.82. The minimum absolute atomic E-state index is 0.211. The quantitative estimate of drug-likeness (QED) is 0.844. The van der Waals surface area contributed by atoms with E-state index in [0.717, 1.165) is 0 Å². The number of ether oxygens (including phenoxy) is 2. The molecule has 122 valence electrons. The van der Waals surface area contributed by atoms with E-state index in [-0.39, 0.29) is 18.4 Å². The predicted octanol–water partition coefficient (Wildman–Crippen LogP) is 1.97. The molecule has 8 nitrogen and oxygen atoms in total. The van der Waals surface area contributed by atoms with Crippen LogP contribution in [0.3, 0.4) is 0 Å². The van der Waals surface area contributed by atoms with Gasteiger partial charge in [0.05, 0.1) is 12.8 Å². The number of hydrogen-bond donors (Lipinski definition) is 2. The summed E-state index contributed by atoms with van der Waals surface area (Å²) in [6.45, 7) is 2.88. The fourth-order valence-corrected chi connectivity index (χ4v) is 1.82. The van der Waals surface area contributed by atoms with Crippen LogP contribution < -0.4 is 20.1 Å². The SMILES string of the molecule is COc1ccc(NC(C)=O)cc1NC(=O)COc1cc(C)on1. The van der Waals surface area contributed by atoms with E-state index in [1.807, 2.05) is 0 Å². The minimum Gasteiger partial charge on any atom is -0.495 e. The van der Waals surface area contributed by atoms with Crippen molar-refractivity contribution in [3.05, 3.63) is 30.0 Å². The summed E-state index contributed by atoms with van der Waals surface area (Å²) < 4.78 is 15.2. The van der Waals surface area contributed by atoms with Gasteiger partial charge in [-0.05, 0) is 30.3 Å². The highest BCUT2D eigenvalue weighted by Gasteiger charge is 2.11. The maximum absolute atomic E-state index is 12.0. The number of aromatic nitrogens is 1. The first kappa shape index (κ1) is 16.3. The molecule has 0 saturated heterocycles. The zero-order chi connectivity index (χ0) is 16.8. The van der Waals surface area contributed by atoms with Crippen molar-refractivity contribution in [3.63, 3.8) is 0 Å². The molecule has 2 rings (SSSR count). The zero-order valence-corrected chi connectivity index (χ0v) is 13.0. The molecule has 0 saturated carbocycles. The number of anilines is 2. The van der Waals surface area contributed by atoms with Gasteiger partial charge in [-0.1, -0.05) is 0 Å². The zero-order valence-electron chi connectivity index (χ0n) is 13.0. The lowest BCUT2D eigenvalue weighted by Crippen LogP contribution is -2.20. The summed E-state index contributed by atoms with van der Waals surface area (Å²) in [5.74, 6) is 0.674. The molecular formula is C15H17N3O5. The van der Waals surface area contributed by atoms with Crippen molar-refractivity contribution in [1.82, 2.24) is 5.16 Å². The number of nitrogens with zero attached hydrogens (tertiary/aromatic N) is 1. The standard InChI is InChI=1S/C15H17N3O5/c1-9-6-15(18-23-9)22-8-14(20)17-12-7-11(16-10(2)19)4-5-13(12)21-3/h4-7H,8H2,1-3H3,(H,16,19)(H,17,20). The lowest BCUT2D eigenvalue weighted by atomic mass is 10.2. The van der Waals surface area contributed by atoms with Crippen molar-refractivity contribution < 1.29 is 23.6 Å². The molecular weight excluding hydrogens is 302 g/mol. The van der Waals surface area contributed by atoms with E-state index in [9.17, 15) is 9.59 Å². The lowest BCUT2D eigenvalue weighted by Gasteiger charge is -2.12. The second kappa shape index (κ2) is 7.30. The normalized spacial score (nSPS) is 10.0. The largest absolute Gasteiger partial charge is 0.495 e. The number of carbonyl (C=O) groups excluding carboxylic acids is 2. The van der Waals surface area contributed by atoms with Gasteiger partial charge >= 0.3 is 0 Å². The Morgan fingerprint density at radius 3 is 2.65 bits per heavy atom. The maximum atomic E-state index is 12.0. The monoisotopic (exact) mass is 319 g/mol. The lowest BCUT2D eigenvalue weighted by molar-refractivity contribution is -0.118. The van der Waals surface area contributed by atoms with Crippen LogP contribution in [0, 0.1) is 6.92 Å². The molecule has 0 aliphatic carbocycles. The average molecular weight is 319 g/mol. The third kappa shape index (κ3) is 4.73. The highest BCUT2D eigenvalue weighted by molar-refractivity contribution is 5.95. The highest BCUT2D eigenvalue weighted by Crippen LogP contribution is 2.27. The molecule has 0 spiro atoms. The molecule has 0 aliphatic heterocycles. The molecule has 2 aromatic rings. The Bertz CT molecular complexity index is 711. The molecule has 0 aliphatic rings. The second-order valence-electron chi connectivity index (χ2n) is 4.71. The van der Waals surface area contributed by atoms with Gasteiger partial charge in [0.2, 0.25) is 5.91 Å². The number of methoxy groups -OCH3 is 1. The number of nitrogens with one attached hydrogen (secondary N) is 2. The Hall–Kier alpha value is -3.03. The Morgan fingerprint density at radius 1 is 1.26 bits per heavy atom. The van der Waals surface area contributed by atoms with Crippen LogP contribution in [-0.4, -0.2) is 30.7 Å². The smallest absolute Gasteiger partial charge is 0.262 e. The van der Waals surface area contributed by atoms with E-state index >= 15 is 0 Å². The third-order valence-electron chi connectivity index (χ3n) is 2.75. The van der Waals surface area contributed by atoms with Crippen molar-refractivity contribution in [1.29, 1.82) is 0 Å². The molecule has 1 aromatic heterocycles. The molecule has 23 heavy (non-hydrogen) atoms. The van der Waals surface area contributed by atoms with Gasteiger partial charge in [0.15, 0.2) is 6.61 Å². The van der Waals surface area contributed by atoms with Crippen LogP contribution >= 0.6 is 0 Å². The average Bonchev–Trinajstić information content (AvgIpc) is 2.90. The van der Waals surface area contributed by atoms with Gasteiger partial charge < -0.3 is 24.6 Å². The summed E-state index contributed by atoms with van der Waals surface area (Å²) in [4.78, 5) is 23.1. The van der Waals surface area contributed by atoms with Crippen LogP contribution in [0.2, 0.25) is 0 Å². The molecule has 1 aromatic carbocycles. The summed E-state index contributed by atoms with van der Waals surface area (Å²) >= 11 is 0. The van der Waals surface area contributed by atoms with E-state index in [1.54, 1.807) is 31.2 Å². The highest BCUT2D eigenvalue weighted by atomic mass is 16.5. The topological polar surface area (TPSA) is 103 Å². The maximum Gasteiger partial charge on any atom is 0.262 e. The molecule has 0 atom stereocenters. The molecule has 1 heterocycles. The van der Waals surface area contributed by atoms with Crippen molar-refractivity contribution in [2.45, 2.75) is 13.8 Å². The van der Waals surface area contributed by atoms with Crippen molar-refractivity contribution in [2.24, 2.45) is 0 Å². The number of amides is 2. The first-order valence-corrected chi connectivity index (χ1v) is 6.79. The predicted molar refractivity (Wildman–Crippen MR) is 82.7 cm³/mol. The molecule has 0 radical (unpaired) electrons. The Balaban J connectivity index is 2.01.